The molecule has 0 aromatic carbocycles. The Morgan fingerprint density at radius 2 is 2.17 bits per heavy atom. The number of aromatic nitrogens is 4. The van der Waals surface area contributed by atoms with Gasteiger partial charge in [0.1, 0.15) is 24.1 Å². The van der Waals surface area contributed by atoms with Gasteiger partial charge in [-0.3, -0.25) is 4.57 Å². The standard InChI is InChI=1S/C14H16N4O5/c1-3-4-22-13-9-12(16-7(2)17-13)18(6-15-9)14-11(21)10(20)8(5-19)23-14/h1,6,8,10-11,14,19-21H,4-5H2,2H3/t8-,10+,11?,14-/m1/s1. The summed E-state index contributed by atoms with van der Waals surface area (Å²) >= 11 is 0. The minimum atomic E-state index is -1.23. The Labute approximate surface area is 131 Å². The van der Waals surface area contributed by atoms with Crippen molar-refractivity contribution < 1.29 is 24.8 Å². The lowest BCUT2D eigenvalue weighted by atomic mass is 10.1. The number of hydrogen-bond donors (Lipinski definition) is 3. The Morgan fingerprint density at radius 1 is 1.39 bits per heavy atom. The van der Waals surface area contributed by atoms with Gasteiger partial charge in [0.2, 0.25) is 5.88 Å². The van der Waals surface area contributed by atoms with Gasteiger partial charge in [-0.25, -0.2) is 9.97 Å². The van der Waals surface area contributed by atoms with Gasteiger partial charge < -0.3 is 24.8 Å². The number of hydrogen-bond acceptors (Lipinski definition) is 8. The maximum absolute atomic E-state index is 10.1. The summed E-state index contributed by atoms with van der Waals surface area (Å²) in [4.78, 5) is 12.6. The van der Waals surface area contributed by atoms with Crippen LogP contribution in [0.2, 0.25) is 0 Å². The lowest BCUT2D eigenvalue weighted by Gasteiger charge is -2.16. The molecule has 1 aliphatic heterocycles. The van der Waals surface area contributed by atoms with E-state index in [1.165, 1.54) is 10.9 Å². The first-order chi connectivity index (χ1) is 11.1. The first-order valence-electron chi connectivity index (χ1n) is 6.96. The van der Waals surface area contributed by atoms with Crippen LogP contribution < -0.4 is 4.74 Å². The molecule has 0 bridgehead atoms. The maximum Gasteiger partial charge on any atom is 0.246 e. The number of rotatable bonds is 4. The molecule has 2 aromatic rings. The van der Waals surface area contributed by atoms with Crippen molar-refractivity contribution in [1.82, 2.24) is 19.5 Å². The minimum Gasteiger partial charge on any atom is -0.463 e. The van der Waals surface area contributed by atoms with Gasteiger partial charge in [0.25, 0.3) is 0 Å². The minimum absolute atomic E-state index is 0.0340. The van der Waals surface area contributed by atoms with Gasteiger partial charge in [-0.05, 0) is 6.92 Å². The van der Waals surface area contributed by atoms with E-state index in [9.17, 15) is 15.3 Å². The van der Waals surface area contributed by atoms with Crippen LogP contribution in [0, 0.1) is 19.3 Å². The van der Waals surface area contributed by atoms with E-state index in [0.717, 1.165) is 0 Å². The number of aliphatic hydroxyl groups excluding tert-OH is 3. The van der Waals surface area contributed by atoms with Gasteiger partial charge in [0, 0.05) is 0 Å². The van der Waals surface area contributed by atoms with Gasteiger partial charge in [-0.1, -0.05) is 5.92 Å². The van der Waals surface area contributed by atoms with Crippen molar-refractivity contribution in [2.75, 3.05) is 13.2 Å². The molecule has 23 heavy (non-hydrogen) atoms. The molecule has 1 unspecified atom stereocenters. The number of aliphatic hydroxyl groups is 3. The highest BCUT2D eigenvalue weighted by molar-refractivity contribution is 5.76. The van der Waals surface area contributed by atoms with Crippen molar-refractivity contribution in [3.8, 4) is 18.2 Å². The Hall–Kier alpha value is -2.25. The molecule has 0 radical (unpaired) electrons. The van der Waals surface area contributed by atoms with Gasteiger partial charge in [0.05, 0.1) is 12.9 Å². The molecule has 3 N–H and O–H groups in total. The van der Waals surface area contributed by atoms with E-state index in [1.807, 2.05) is 0 Å². The fourth-order valence-electron chi connectivity index (χ4n) is 2.50. The molecule has 0 amide bonds. The fourth-order valence-corrected chi connectivity index (χ4v) is 2.50. The predicted molar refractivity (Wildman–Crippen MR) is 77.4 cm³/mol. The third-order valence-corrected chi connectivity index (χ3v) is 3.58. The van der Waals surface area contributed by atoms with Crippen LogP contribution >= 0.6 is 0 Å². The largest absolute Gasteiger partial charge is 0.463 e. The lowest BCUT2D eigenvalue weighted by Crippen LogP contribution is -2.33. The molecule has 1 saturated heterocycles. The summed E-state index contributed by atoms with van der Waals surface area (Å²) in [5.74, 6) is 3.01. The molecule has 0 saturated carbocycles. The number of ether oxygens (including phenoxy) is 2. The molecule has 3 heterocycles. The Bertz CT molecular complexity index is 755. The number of terminal acetylenes is 1. The molecule has 0 aliphatic carbocycles. The van der Waals surface area contributed by atoms with Crippen LogP contribution in [0.1, 0.15) is 12.1 Å². The number of fused-ring (bicyclic) bond motifs is 1. The Kier molecular flexibility index (Phi) is 4.14. The van der Waals surface area contributed by atoms with E-state index < -0.39 is 31.1 Å². The molecule has 1 aliphatic rings. The van der Waals surface area contributed by atoms with Gasteiger partial charge in [0.15, 0.2) is 24.0 Å². The molecule has 2 aromatic heterocycles. The van der Waals surface area contributed by atoms with Crippen LogP contribution in [-0.2, 0) is 4.74 Å². The zero-order valence-corrected chi connectivity index (χ0v) is 12.3. The molecule has 9 heteroatoms. The van der Waals surface area contributed by atoms with Crippen molar-refractivity contribution in [2.24, 2.45) is 0 Å². The molecule has 3 rings (SSSR count). The summed E-state index contributed by atoms with van der Waals surface area (Å²) < 4.78 is 12.3. The van der Waals surface area contributed by atoms with E-state index in [-0.39, 0.29) is 12.5 Å². The van der Waals surface area contributed by atoms with Crippen molar-refractivity contribution >= 4 is 11.2 Å². The molecular weight excluding hydrogens is 304 g/mol. The van der Waals surface area contributed by atoms with E-state index >= 15 is 0 Å². The van der Waals surface area contributed by atoms with Crippen molar-refractivity contribution in [3.63, 3.8) is 0 Å². The third-order valence-electron chi connectivity index (χ3n) is 3.58. The summed E-state index contributed by atoms with van der Waals surface area (Å²) in [6, 6.07) is 0. The zero-order chi connectivity index (χ0) is 16.6. The highest BCUT2D eigenvalue weighted by Gasteiger charge is 2.44. The molecule has 9 nitrogen and oxygen atoms in total. The van der Waals surface area contributed by atoms with E-state index in [2.05, 4.69) is 20.9 Å². The Balaban J connectivity index is 2.03. The quantitative estimate of drug-likeness (QED) is 0.598. The normalized spacial score (nSPS) is 27.3. The third kappa shape index (κ3) is 2.62. The van der Waals surface area contributed by atoms with Crippen molar-refractivity contribution in [1.29, 1.82) is 0 Å². The second-order valence-corrected chi connectivity index (χ2v) is 5.12. The molecule has 1 fully saturated rings. The average molecular weight is 320 g/mol. The summed E-state index contributed by atoms with van der Waals surface area (Å²) in [5.41, 5.74) is 0.739. The van der Waals surface area contributed by atoms with Crippen LogP contribution in [0.15, 0.2) is 6.33 Å². The first-order valence-corrected chi connectivity index (χ1v) is 6.96. The summed E-state index contributed by atoms with van der Waals surface area (Å²) in [5, 5.41) is 29.2. The topological polar surface area (TPSA) is 123 Å². The van der Waals surface area contributed by atoms with E-state index in [0.29, 0.717) is 17.0 Å². The number of nitrogens with zero attached hydrogens (tertiary/aromatic N) is 4. The van der Waals surface area contributed by atoms with Crippen LogP contribution in [-0.4, -0.2) is 66.4 Å². The average Bonchev–Trinajstić information content (AvgIpc) is 3.07. The highest BCUT2D eigenvalue weighted by atomic mass is 16.6. The highest BCUT2D eigenvalue weighted by Crippen LogP contribution is 2.32. The van der Waals surface area contributed by atoms with Crippen LogP contribution in [0.4, 0.5) is 0 Å². The van der Waals surface area contributed by atoms with Crippen molar-refractivity contribution in [3.05, 3.63) is 12.2 Å². The van der Waals surface area contributed by atoms with E-state index in [4.69, 9.17) is 15.9 Å². The predicted octanol–water partition coefficient (Wildman–Crippen LogP) is -1.24. The first kappa shape index (κ1) is 15.6. The maximum atomic E-state index is 10.1. The van der Waals surface area contributed by atoms with Crippen LogP contribution in [0.3, 0.4) is 0 Å². The number of aryl methyl sites for hydroxylation is 1. The lowest BCUT2D eigenvalue weighted by molar-refractivity contribution is -0.0511. The zero-order valence-electron chi connectivity index (χ0n) is 12.3. The number of imidazole rings is 1. The summed E-state index contributed by atoms with van der Waals surface area (Å²) in [6.07, 6.45) is 2.34. The van der Waals surface area contributed by atoms with E-state index in [1.54, 1.807) is 6.92 Å². The van der Waals surface area contributed by atoms with Crippen LogP contribution in [0.25, 0.3) is 11.2 Å². The van der Waals surface area contributed by atoms with Gasteiger partial charge in [-0.15, -0.1) is 6.42 Å². The molecule has 0 spiro atoms. The Morgan fingerprint density at radius 3 is 2.83 bits per heavy atom. The van der Waals surface area contributed by atoms with Crippen LogP contribution in [0.5, 0.6) is 5.88 Å². The molecular formula is C14H16N4O5. The van der Waals surface area contributed by atoms with Gasteiger partial charge in [-0.2, -0.15) is 4.98 Å². The fraction of sp³-hybridized carbons (Fsp3) is 0.500. The van der Waals surface area contributed by atoms with Crippen molar-refractivity contribution in [2.45, 2.75) is 31.5 Å². The SMILES string of the molecule is C#CCOc1nc(C)nc2c1ncn2[C@@H]1O[C@H](CO)[C@H](O)C1O. The second kappa shape index (κ2) is 6.10. The summed E-state index contributed by atoms with van der Waals surface area (Å²) in [6.45, 7) is 1.30. The smallest absolute Gasteiger partial charge is 0.246 e. The second-order valence-electron chi connectivity index (χ2n) is 5.12. The molecule has 4 atom stereocenters. The summed E-state index contributed by atoms with van der Waals surface area (Å²) in [7, 11) is 0. The monoisotopic (exact) mass is 320 g/mol. The van der Waals surface area contributed by atoms with Gasteiger partial charge >= 0.3 is 0 Å². The molecule has 122 valence electrons.